The molecule has 0 unspecified atom stereocenters. The van der Waals surface area contributed by atoms with Gasteiger partial charge in [0.05, 0.1) is 6.61 Å². The van der Waals surface area contributed by atoms with Crippen molar-refractivity contribution in [3.05, 3.63) is 12.2 Å². The highest BCUT2D eigenvalue weighted by atomic mass is 16.5. The molecule has 0 bridgehead atoms. The van der Waals surface area contributed by atoms with Crippen LogP contribution >= 0.6 is 0 Å². The van der Waals surface area contributed by atoms with Crippen LogP contribution in [0.5, 0.6) is 0 Å². The molecule has 0 saturated heterocycles. The Morgan fingerprint density at radius 1 is 1.38 bits per heavy atom. The quantitative estimate of drug-likeness (QED) is 0.430. The van der Waals surface area contributed by atoms with Crippen LogP contribution in [0.1, 0.15) is 86.0 Å². The number of fused-ring (bicyclic) bond motifs is 1. The Morgan fingerprint density at radius 2 is 2.08 bits per heavy atom. The van der Waals surface area contributed by atoms with Crippen molar-refractivity contribution < 1.29 is 9.53 Å². The summed E-state index contributed by atoms with van der Waals surface area (Å²) in [6.07, 6.45) is 9.41. The summed E-state index contributed by atoms with van der Waals surface area (Å²) in [7, 11) is 0. The summed E-state index contributed by atoms with van der Waals surface area (Å²) in [6.45, 7) is 16.5. The van der Waals surface area contributed by atoms with Gasteiger partial charge < -0.3 is 4.74 Å². The van der Waals surface area contributed by atoms with Crippen molar-refractivity contribution in [3.63, 3.8) is 0 Å². The van der Waals surface area contributed by atoms with E-state index in [2.05, 4.69) is 34.3 Å². The number of ether oxygens (including phenoxy) is 1. The molecule has 2 aliphatic rings. The molecule has 2 rings (SSSR count). The van der Waals surface area contributed by atoms with Crippen LogP contribution < -0.4 is 0 Å². The number of hydrogen-bond acceptors (Lipinski definition) is 2. The van der Waals surface area contributed by atoms with Crippen molar-refractivity contribution >= 4 is 5.97 Å². The Bertz CT molecular complexity index is 469. The van der Waals surface area contributed by atoms with Gasteiger partial charge in [-0.05, 0) is 80.5 Å². The third kappa shape index (κ3) is 3.73. The summed E-state index contributed by atoms with van der Waals surface area (Å²) in [4.78, 5) is 11.7. The molecule has 0 aromatic heterocycles. The minimum Gasteiger partial charge on any atom is -0.466 e. The van der Waals surface area contributed by atoms with Gasteiger partial charge in [0, 0.05) is 6.42 Å². The average molecular weight is 335 g/mol. The van der Waals surface area contributed by atoms with E-state index < -0.39 is 0 Å². The fraction of sp³-hybridized carbons (Fsp3) is 0.864. The number of allylic oxidation sites excluding steroid dienone is 1. The predicted octanol–water partition coefficient (Wildman–Crippen LogP) is 6.15. The molecule has 0 spiro atoms. The summed E-state index contributed by atoms with van der Waals surface area (Å²) >= 11 is 0. The maximum Gasteiger partial charge on any atom is 0.306 e. The lowest BCUT2D eigenvalue weighted by Crippen LogP contribution is -2.50. The minimum atomic E-state index is -0.0391. The zero-order valence-corrected chi connectivity index (χ0v) is 16.6. The molecule has 2 aliphatic carbocycles. The van der Waals surface area contributed by atoms with Crippen molar-refractivity contribution in [2.45, 2.75) is 86.0 Å². The average Bonchev–Trinajstić information content (AvgIpc) is 2.52. The number of carbonyl (C=O) groups excluding carboxylic acids is 1. The van der Waals surface area contributed by atoms with E-state index in [-0.39, 0.29) is 5.97 Å². The molecule has 138 valence electrons. The van der Waals surface area contributed by atoms with Crippen molar-refractivity contribution in [2.24, 2.45) is 28.6 Å². The Kier molecular flexibility index (Phi) is 6.20. The minimum absolute atomic E-state index is 0.0391. The normalized spacial score (nSPS) is 37.6. The van der Waals surface area contributed by atoms with Gasteiger partial charge in [0.1, 0.15) is 0 Å². The van der Waals surface area contributed by atoms with E-state index in [9.17, 15) is 4.79 Å². The molecule has 0 aromatic rings. The summed E-state index contributed by atoms with van der Waals surface area (Å²) < 4.78 is 5.12. The zero-order chi connectivity index (χ0) is 18.0. The van der Waals surface area contributed by atoms with Gasteiger partial charge in [-0.25, -0.2) is 0 Å². The first-order valence-electron chi connectivity index (χ1n) is 10.1. The molecule has 2 saturated carbocycles. The third-order valence-electron chi connectivity index (χ3n) is 7.56. The topological polar surface area (TPSA) is 26.3 Å². The molecule has 2 heteroatoms. The SMILES string of the molecule is C=C1CCC[C@@H]2[C@@](C)(CC[C@@H](C)CC(=O)OCC)[C@H](C)CC[C@@]12C. The Hall–Kier alpha value is -0.790. The van der Waals surface area contributed by atoms with Crippen LogP contribution in [0.25, 0.3) is 0 Å². The first-order valence-corrected chi connectivity index (χ1v) is 10.1. The summed E-state index contributed by atoms with van der Waals surface area (Å²) in [5, 5.41) is 0. The largest absolute Gasteiger partial charge is 0.466 e. The molecule has 5 atom stereocenters. The van der Waals surface area contributed by atoms with Crippen LogP contribution in [0.15, 0.2) is 12.2 Å². The van der Waals surface area contributed by atoms with Crippen molar-refractivity contribution in [3.8, 4) is 0 Å². The molecular weight excluding hydrogens is 296 g/mol. The van der Waals surface area contributed by atoms with E-state index in [0.717, 1.165) is 18.3 Å². The number of carbonyl (C=O) groups is 1. The maximum absolute atomic E-state index is 11.7. The fourth-order valence-electron chi connectivity index (χ4n) is 5.55. The van der Waals surface area contributed by atoms with Crippen LogP contribution in [-0.2, 0) is 9.53 Å². The van der Waals surface area contributed by atoms with Crippen molar-refractivity contribution in [1.29, 1.82) is 0 Å². The van der Waals surface area contributed by atoms with Gasteiger partial charge in [-0.3, -0.25) is 4.79 Å². The lowest BCUT2D eigenvalue weighted by molar-refractivity contribution is -0.144. The monoisotopic (exact) mass is 334 g/mol. The van der Waals surface area contributed by atoms with Crippen molar-refractivity contribution in [1.82, 2.24) is 0 Å². The molecule has 2 fully saturated rings. The number of hydrogen-bond donors (Lipinski definition) is 0. The van der Waals surface area contributed by atoms with Crippen LogP contribution in [-0.4, -0.2) is 12.6 Å². The van der Waals surface area contributed by atoms with Gasteiger partial charge in [-0.1, -0.05) is 39.8 Å². The number of esters is 1. The molecule has 0 aromatic carbocycles. The highest BCUT2D eigenvalue weighted by molar-refractivity contribution is 5.69. The smallest absolute Gasteiger partial charge is 0.306 e. The molecular formula is C22H38O2. The van der Waals surface area contributed by atoms with Crippen molar-refractivity contribution in [2.75, 3.05) is 6.61 Å². The van der Waals surface area contributed by atoms with Gasteiger partial charge in [-0.15, -0.1) is 0 Å². The zero-order valence-electron chi connectivity index (χ0n) is 16.6. The highest BCUT2D eigenvalue weighted by Crippen LogP contribution is 2.62. The van der Waals surface area contributed by atoms with E-state index in [1.54, 1.807) is 0 Å². The second kappa shape index (κ2) is 7.62. The molecule has 0 N–H and O–H groups in total. The van der Waals surface area contributed by atoms with E-state index in [0.29, 0.717) is 29.8 Å². The number of rotatable bonds is 6. The molecule has 24 heavy (non-hydrogen) atoms. The standard InChI is InChI=1S/C22H38O2/c1-7-24-20(23)15-16(2)11-13-21(5)18(4)12-14-22(6)17(3)9-8-10-19(21)22/h16,18-19H,3,7-15H2,1-2,4-6H3/t16-,18-,19-,21+,22+/m1/s1. The second-order valence-electron chi connectivity index (χ2n) is 9.06. The Morgan fingerprint density at radius 3 is 2.75 bits per heavy atom. The second-order valence-corrected chi connectivity index (χ2v) is 9.06. The first-order chi connectivity index (χ1) is 11.2. The third-order valence-corrected chi connectivity index (χ3v) is 7.56. The summed E-state index contributed by atoms with van der Waals surface area (Å²) in [5.74, 6) is 1.89. The van der Waals surface area contributed by atoms with E-state index >= 15 is 0 Å². The van der Waals surface area contributed by atoms with Gasteiger partial charge in [0.25, 0.3) is 0 Å². The van der Waals surface area contributed by atoms with Crippen LogP contribution in [0.4, 0.5) is 0 Å². The first kappa shape index (κ1) is 19.5. The van der Waals surface area contributed by atoms with Gasteiger partial charge in [0.2, 0.25) is 0 Å². The molecule has 0 aliphatic heterocycles. The lowest BCUT2D eigenvalue weighted by Gasteiger charge is -2.59. The molecule has 0 heterocycles. The van der Waals surface area contributed by atoms with Gasteiger partial charge in [-0.2, -0.15) is 0 Å². The van der Waals surface area contributed by atoms with E-state index in [4.69, 9.17) is 4.74 Å². The lowest BCUT2D eigenvalue weighted by atomic mass is 9.46. The van der Waals surface area contributed by atoms with Gasteiger partial charge in [0.15, 0.2) is 0 Å². The molecule has 0 amide bonds. The fourth-order valence-corrected chi connectivity index (χ4v) is 5.55. The van der Waals surface area contributed by atoms with Crippen LogP contribution in [0, 0.1) is 28.6 Å². The predicted molar refractivity (Wildman–Crippen MR) is 101 cm³/mol. The summed E-state index contributed by atoms with van der Waals surface area (Å²) in [5.41, 5.74) is 2.21. The van der Waals surface area contributed by atoms with E-state index in [1.807, 2.05) is 6.92 Å². The van der Waals surface area contributed by atoms with E-state index in [1.165, 1.54) is 44.1 Å². The summed E-state index contributed by atoms with van der Waals surface area (Å²) in [6, 6.07) is 0. The Balaban J connectivity index is 2.05. The van der Waals surface area contributed by atoms with Crippen LogP contribution in [0.2, 0.25) is 0 Å². The molecule has 2 nitrogen and oxygen atoms in total. The maximum atomic E-state index is 11.7. The van der Waals surface area contributed by atoms with Crippen LogP contribution in [0.3, 0.4) is 0 Å². The highest BCUT2D eigenvalue weighted by Gasteiger charge is 2.53. The molecule has 0 radical (unpaired) electrons. The Labute approximate surface area is 149 Å². The van der Waals surface area contributed by atoms with Gasteiger partial charge >= 0.3 is 5.97 Å².